The summed E-state index contributed by atoms with van der Waals surface area (Å²) in [5.41, 5.74) is -2.53. The molecular formula is C16H18N8O6. The number of aromatic nitrogens is 8. The number of nitrogens with zero attached hydrogens (tertiary/aromatic N) is 6. The molecule has 0 radical (unpaired) electrons. The van der Waals surface area contributed by atoms with E-state index in [1.165, 1.54) is 28.2 Å². The van der Waals surface area contributed by atoms with Crippen LogP contribution in [0.2, 0.25) is 0 Å². The number of rotatable bonds is 3. The molecule has 2 atom stereocenters. The van der Waals surface area contributed by atoms with Crippen molar-refractivity contribution in [3.63, 3.8) is 0 Å². The Labute approximate surface area is 165 Å². The predicted molar refractivity (Wildman–Crippen MR) is 103 cm³/mol. The van der Waals surface area contributed by atoms with Gasteiger partial charge in [0.05, 0.1) is 0 Å². The molecule has 0 bridgehead atoms. The van der Waals surface area contributed by atoms with E-state index in [0.717, 1.165) is 18.3 Å². The fourth-order valence-electron chi connectivity index (χ4n) is 3.27. The van der Waals surface area contributed by atoms with Crippen LogP contribution in [0.1, 0.15) is 23.9 Å². The first-order valence-corrected chi connectivity index (χ1v) is 8.72. The molecule has 0 saturated heterocycles. The summed E-state index contributed by atoms with van der Waals surface area (Å²) in [4.78, 5) is 62.0. The van der Waals surface area contributed by atoms with Crippen LogP contribution in [0.15, 0.2) is 19.2 Å². The molecule has 0 spiro atoms. The van der Waals surface area contributed by atoms with Crippen LogP contribution in [0, 0.1) is 0 Å². The number of imidazole rings is 2. The minimum atomic E-state index is -1.68. The van der Waals surface area contributed by atoms with Gasteiger partial charge in [-0.25, -0.2) is 19.6 Å². The molecule has 0 saturated carbocycles. The number of nitrogens with one attached hydrogen (secondary N) is 2. The fourth-order valence-corrected chi connectivity index (χ4v) is 3.27. The maximum atomic E-state index is 12.3. The number of aliphatic hydroxyl groups is 2. The van der Waals surface area contributed by atoms with E-state index >= 15 is 0 Å². The highest BCUT2D eigenvalue weighted by atomic mass is 16.3. The molecule has 0 unspecified atom stereocenters. The van der Waals surface area contributed by atoms with Gasteiger partial charge in [-0.05, 0) is 0 Å². The van der Waals surface area contributed by atoms with Crippen LogP contribution in [-0.2, 0) is 28.2 Å². The maximum absolute atomic E-state index is 12.3. The van der Waals surface area contributed by atoms with E-state index in [2.05, 4.69) is 19.9 Å². The summed E-state index contributed by atoms with van der Waals surface area (Å²) in [5.74, 6) is -0.365. The first-order valence-electron chi connectivity index (χ1n) is 8.72. The summed E-state index contributed by atoms with van der Waals surface area (Å²) in [7, 11) is 5.42. The fraction of sp³-hybridized carbons (Fsp3) is 0.375. The SMILES string of the molecule is Cn1c(=O)c2[nH]c([C@@H](O)[C@@H](O)c3nc4c([nH]3)c(=O)n(C)c(=O)n4C)nc2n(C)c1=O. The van der Waals surface area contributed by atoms with Gasteiger partial charge in [-0.15, -0.1) is 0 Å². The predicted octanol–water partition coefficient (Wildman–Crippen LogP) is -3.00. The van der Waals surface area contributed by atoms with E-state index in [9.17, 15) is 29.4 Å². The van der Waals surface area contributed by atoms with Gasteiger partial charge in [0.25, 0.3) is 11.1 Å². The van der Waals surface area contributed by atoms with Crippen molar-refractivity contribution in [3.8, 4) is 0 Å². The molecule has 4 N–H and O–H groups in total. The monoisotopic (exact) mass is 418 g/mol. The lowest BCUT2D eigenvalue weighted by molar-refractivity contribution is 0.00775. The third kappa shape index (κ3) is 2.50. The van der Waals surface area contributed by atoms with Gasteiger partial charge in [0.2, 0.25) is 0 Å². The largest absolute Gasteiger partial charge is 0.382 e. The van der Waals surface area contributed by atoms with E-state index < -0.39 is 34.7 Å². The van der Waals surface area contributed by atoms with Gasteiger partial charge in [0.15, 0.2) is 11.3 Å². The average molecular weight is 418 g/mol. The molecule has 0 amide bonds. The van der Waals surface area contributed by atoms with Crippen molar-refractivity contribution in [1.82, 2.24) is 38.2 Å². The van der Waals surface area contributed by atoms with E-state index in [0.29, 0.717) is 0 Å². The first kappa shape index (κ1) is 19.5. The Bertz CT molecular complexity index is 1440. The number of H-pyrrole nitrogens is 2. The summed E-state index contributed by atoms with van der Waals surface area (Å²) in [5, 5.41) is 21.2. The van der Waals surface area contributed by atoms with Crippen molar-refractivity contribution < 1.29 is 10.2 Å². The second kappa shape index (κ2) is 6.36. The number of fused-ring (bicyclic) bond motifs is 2. The lowest BCUT2D eigenvalue weighted by Gasteiger charge is -2.13. The highest BCUT2D eigenvalue weighted by Gasteiger charge is 2.28. The molecule has 0 aliphatic rings. The molecular weight excluding hydrogens is 400 g/mol. The second-order valence-corrected chi connectivity index (χ2v) is 6.94. The topological polar surface area (TPSA) is 186 Å². The lowest BCUT2D eigenvalue weighted by atomic mass is 10.2. The van der Waals surface area contributed by atoms with E-state index in [4.69, 9.17) is 0 Å². The van der Waals surface area contributed by atoms with Crippen LogP contribution in [-0.4, -0.2) is 48.4 Å². The minimum Gasteiger partial charge on any atom is -0.382 e. The van der Waals surface area contributed by atoms with Gasteiger partial charge in [-0.3, -0.25) is 27.9 Å². The number of aliphatic hydroxyl groups excluding tert-OH is 2. The molecule has 158 valence electrons. The maximum Gasteiger partial charge on any atom is 0.332 e. The van der Waals surface area contributed by atoms with Crippen molar-refractivity contribution in [2.75, 3.05) is 0 Å². The molecule has 0 fully saturated rings. The number of hydrogen-bond donors (Lipinski definition) is 4. The lowest BCUT2D eigenvalue weighted by Crippen LogP contribution is -2.36. The zero-order valence-corrected chi connectivity index (χ0v) is 16.4. The summed E-state index contributed by atoms with van der Waals surface area (Å²) in [6.07, 6.45) is -3.36. The second-order valence-electron chi connectivity index (χ2n) is 6.94. The molecule has 0 aliphatic heterocycles. The molecule has 4 aromatic heterocycles. The first-order chi connectivity index (χ1) is 14.0. The van der Waals surface area contributed by atoms with Gasteiger partial charge < -0.3 is 20.2 Å². The highest BCUT2D eigenvalue weighted by Crippen LogP contribution is 2.26. The standard InChI is InChI=1S/C16H18N8O6/c1-21-11-5(13(27)23(3)15(21)29)17-9(19-11)7(25)8(26)10-18-6-12(20-10)22(2)16(30)24(4)14(6)28/h7-8,25-26H,1-4H3,(H,17,19)(H,18,20)/t7-,8+. The zero-order chi connectivity index (χ0) is 22.1. The molecule has 4 aromatic rings. The van der Waals surface area contributed by atoms with Crippen molar-refractivity contribution in [1.29, 1.82) is 0 Å². The Kier molecular flexibility index (Phi) is 4.14. The Balaban J connectivity index is 1.84. The van der Waals surface area contributed by atoms with E-state index in [1.807, 2.05) is 0 Å². The minimum absolute atomic E-state index is 0.00484. The van der Waals surface area contributed by atoms with Crippen molar-refractivity contribution in [3.05, 3.63) is 53.3 Å². The number of aryl methyl sites for hydroxylation is 2. The van der Waals surface area contributed by atoms with Gasteiger partial charge >= 0.3 is 11.4 Å². The quantitative estimate of drug-likeness (QED) is 0.271. The van der Waals surface area contributed by atoms with Crippen LogP contribution < -0.4 is 22.5 Å². The molecule has 4 rings (SSSR count). The Morgan fingerprint density at radius 3 is 1.33 bits per heavy atom. The third-order valence-electron chi connectivity index (χ3n) is 5.09. The smallest absolute Gasteiger partial charge is 0.332 e. The van der Waals surface area contributed by atoms with Crippen molar-refractivity contribution in [2.24, 2.45) is 28.2 Å². The van der Waals surface area contributed by atoms with Gasteiger partial charge in [0.1, 0.15) is 34.9 Å². The van der Waals surface area contributed by atoms with Gasteiger partial charge in [-0.2, -0.15) is 0 Å². The summed E-state index contributed by atoms with van der Waals surface area (Å²) in [6.45, 7) is 0. The van der Waals surface area contributed by atoms with Crippen LogP contribution in [0.3, 0.4) is 0 Å². The number of aromatic amines is 2. The molecule has 0 aliphatic carbocycles. The average Bonchev–Trinajstić information content (AvgIpc) is 3.37. The van der Waals surface area contributed by atoms with Gasteiger partial charge in [0, 0.05) is 28.2 Å². The molecule has 14 heteroatoms. The Hall–Kier alpha value is -3.78. The zero-order valence-electron chi connectivity index (χ0n) is 16.4. The van der Waals surface area contributed by atoms with Crippen LogP contribution in [0.25, 0.3) is 22.3 Å². The van der Waals surface area contributed by atoms with Crippen LogP contribution in [0.4, 0.5) is 0 Å². The van der Waals surface area contributed by atoms with Crippen molar-refractivity contribution >= 4 is 22.3 Å². The third-order valence-corrected chi connectivity index (χ3v) is 5.09. The van der Waals surface area contributed by atoms with Crippen molar-refractivity contribution in [2.45, 2.75) is 12.2 Å². The Morgan fingerprint density at radius 2 is 1.00 bits per heavy atom. The summed E-state index contributed by atoms with van der Waals surface area (Å²) in [6, 6.07) is 0. The molecule has 0 aromatic carbocycles. The normalized spacial score (nSPS) is 13.9. The molecule has 4 heterocycles. The summed E-state index contributed by atoms with van der Waals surface area (Å²) < 4.78 is 4.00. The highest BCUT2D eigenvalue weighted by molar-refractivity contribution is 5.70. The van der Waals surface area contributed by atoms with Gasteiger partial charge in [-0.1, -0.05) is 0 Å². The molecule has 30 heavy (non-hydrogen) atoms. The van der Waals surface area contributed by atoms with E-state index in [-0.39, 0.29) is 34.0 Å². The summed E-state index contributed by atoms with van der Waals surface area (Å²) >= 11 is 0. The van der Waals surface area contributed by atoms with E-state index in [1.54, 1.807) is 0 Å². The Morgan fingerprint density at radius 1 is 0.667 bits per heavy atom. The number of hydrogen-bond acceptors (Lipinski definition) is 8. The molecule has 14 nitrogen and oxygen atoms in total. The van der Waals surface area contributed by atoms with Crippen LogP contribution >= 0.6 is 0 Å². The van der Waals surface area contributed by atoms with Crippen LogP contribution in [0.5, 0.6) is 0 Å².